The third kappa shape index (κ3) is 4.47. The number of benzene rings is 1. The quantitative estimate of drug-likeness (QED) is 0.664. The van der Waals surface area contributed by atoms with Crippen LogP contribution in [-0.2, 0) is 6.54 Å². The Morgan fingerprint density at radius 1 is 1.29 bits per heavy atom. The van der Waals surface area contributed by atoms with Crippen LogP contribution < -0.4 is 10.1 Å². The highest BCUT2D eigenvalue weighted by Gasteiger charge is 2.22. The molecule has 0 amide bonds. The van der Waals surface area contributed by atoms with Crippen LogP contribution in [0.15, 0.2) is 48.0 Å². The molecular formula is C17H24N6O. The Morgan fingerprint density at radius 3 is 2.75 bits per heavy atom. The first-order valence-electron chi connectivity index (χ1n) is 8.35. The van der Waals surface area contributed by atoms with Crippen molar-refractivity contribution in [3.05, 3.63) is 43.0 Å². The largest absolute Gasteiger partial charge is 0.490 e. The molecule has 0 spiro atoms. The van der Waals surface area contributed by atoms with Crippen LogP contribution in [0.2, 0.25) is 0 Å². The smallest absolute Gasteiger partial charge is 0.193 e. The highest BCUT2D eigenvalue weighted by molar-refractivity contribution is 5.79. The van der Waals surface area contributed by atoms with E-state index in [0.717, 1.165) is 50.7 Å². The number of likely N-dealkylation sites (tertiary alicyclic amines) is 1. The maximum Gasteiger partial charge on any atom is 0.193 e. The Morgan fingerprint density at radius 2 is 2.08 bits per heavy atom. The van der Waals surface area contributed by atoms with E-state index in [0.29, 0.717) is 0 Å². The third-order valence-electron chi connectivity index (χ3n) is 4.09. The molecule has 7 heteroatoms. The second kappa shape index (κ2) is 8.33. The van der Waals surface area contributed by atoms with Gasteiger partial charge in [0.05, 0.1) is 6.54 Å². The van der Waals surface area contributed by atoms with Crippen LogP contribution in [0.5, 0.6) is 5.75 Å². The van der Waals surface area contributed by atoms with E-state index in [1.807, 2.05) is 37.4 Å². The van der Waals surface area contributed by atoms with Crippen LogP contribution in [0.3, 0.4) is 0 Å². The number of hydrogen-bond acceptors (Lipinski definition) is 4. The molecule has 0 saturated carbocycles. The molecule has 2 heterocycles. The standard InChI is InChI=1S/C17H24N6O/c1-18-17(20-9-12-23-14-19-13-21-23)22-10-7-16(8-11-22)24-15-5-3-2-4-6-15/h2-6,13-14,16H,7-12H2,1H3,(H,18,20). The van der Waals surface area contributed by atoms with Gasteiger partial charge in [-0.05, 0) is 12.1 Å². The van der Waals surface area contributed by atoms with Gasteiger partial charge < -0.3 is 15.0 Å². The van der Waals surface area contributed by atoms with Crippen molar-refractivity contribution < 1.29 is 4.74 Å². The van der Waals surface area contributed by atoms with Crippen LogP contribution in [0, 0.1) is 0 Å². The fraction of sp³-hybridized carbons (Fsp3) is 0.471. The van der Waals surface area contributed by atoms with Crippen molar-refractivity contribution in [2.45, 2.75) is 25.5 Å². The van der Waals surface area contributed by atoms with Gasteiger partial charge >= 0.3 is 0 Å². The predicted molar refractivity (Wildman–Crippen MR) is 93.0 cm³/mol. The Balaban J connectivity index is 1.42. The van der Waals surface area contributed by atoms with Crippen molar-refractivity contribution in [1.29, 1.82) is 0 Å². The minimum Gasteiger partial charge on any atom is -0.490 e. The molecule has 0 radical (unpaired) electrons. The summed E-state index contributed by atoms with van der Waals surface area (Å²) in [5.74, 6) is 1.89. The minimum atomic E-state index is 0.275. The van der Waals surface area contributed by atoms with E-state index in [-0.39, 0.29) is 6.10 Å². The van der Waals surface area contributed by atoms with Gasteiger partial charge in [-0.25, -0.2) is 4.98 Å². The summed E-state index contributed by atoms with van der Waals surface area (Å²) >= 11 is 0. The Bertz CT molecular complexity index is 620. The number of hydrogen-bond donors (Lipinski definition) is 1. The zero-order valence-corrected chi connectivity index (χ0v) is 14.0. The van der Waals surface area contributed by atoms with E-state index < -0.39 is 0 Å². The molecule has 2 aromatic rings. The molecule has 3 rings (SSSR count). The number of guanidine groups is 1. The van der Waals surface area contributed by atoms with Crippen LogP contribution >= 0.6 is 0 Å². The summed E-state index contributed by atoms with van der Waals surface area (Å²) in [7, 11) is 1.82. The second-order valence-electron chi connectivity index (χ2n) is 5.75. The molecule has 1 aromatic heterocycles. The lowest BCUT2D eigenvalue weighted by molar-refractivity contribution is 0.129. The summed E-state index contributed by atoms with van der Waals surface area (Å²) in [5.41, 5.74) is 0. The Labute approximate surface area is 142 Å². The summed E-state index contributed by atoms with van der Waals surface area (Å²) < 4.78 is 7.85. The molecule has 1 N–H and O–H groups in total. The fourth-order valence-electron chi connectivity index (χ4n) is 2.84. The molecule has 0 unspecified atom stereocenters. The minimum absolute atomic E-state index is 0.275. The first-order chi connectivity index (χ1) is 11.8. The maximum absolute atomic E-state index is 6.04. The molecule has 1 aliphatic heterocycles. The Hall–Kier alpha value is -2.57. The zero-order valence-electron chi connectivity index (χ0n) is 14.0. The van der Waals surface area contributed by atoms with Gasteiger partial charge in [0.1, 0.15) is 24.5 Å². The topological polar surface area (TPSA) is 67.6 Å². The van der Waals surface area contributed by atoms with E-state index in [4.69, 9.17) is 4.74 Å². The molecule has 1 aromatic carbocycles. The van der Waals surface area contributed by atoms with Crippen LogP contribution in [-0.4, -0.2) is 58.4 Å². The number of nitrogens with zero attached hydrogens (tertiary/aromatic N) is 5. The molecule has 0 aliphatic carbocycles. The van der Waals surface area contributed by atoms with Crippen LogP contribution in [0.4, 0.5) is 0 Å². The highest BCUT2D eigenvalue weighted by Crippen LogP contribution is 2.18. The number of piperidine rings is 1. The molecule has 1 fully saturated rings. The van der Waals surface area contributed by atoms with Gasteiger partial charge in [0.2, 0.25) is 0 Å². The van der Waals surface area contributed by atoms with Gasteiger partial charge in [-0.1, -0.05) is 18.2 Å². The van der Waals surface area contributed by atoms with Crippen molar-refractivity contribution >= 4 is 5.96 Å². The van der Waals surface area contributed by atoms with Crippen molar-refractivity contribution in [2.75, 3.05) is 26.7 Å². The normalized spacial score (nSPS) is 16.2. The summed E-state index contributed by atoms with van der Waals surface area (Å²) in [4.78, 5) is 10.6. The van der Waals surface area contributed by atoms with Crippen molar-refractivity contribution in [3.8, 4) is 5.75 Å². The van der Waals surface area contributed by atoms with Crippen LogP contribution in [0.1, 0.15) is 12.8 Å². The zero-order chi connectivity index (χ0) is 16.6. The van der Waals surface area contributed by atoms with Crippen molar-refractivity contribution in [1.82, 2.24) is 25.0 Å². The molecular weight excluding hydrogens is 304 g/mol. The summed E-state index contributed by atoms with van der Waals surface area (Å²) in [6.07, 6.45) is 5.54. The molecule has 0 bridgehead atoms. The monoisotopic (exact) mass is 328 g/mol. The fourth-order valence-corrected chi connectivity index (χ4v) is 2.84. The summed E-state index contributed by atoms with van der Waals surface area (Å²) in [6, 6.07) is 10.0. The SMILES string of the molecule is CN=C(NCCn1cncn1)N1CCC(Oc2ccccc2)CC1. The van der Waals surface area contributed by atoms with E-state index >= 15 is 0 Å². The van der Waals surface area contributed by atoms with Crippen molar-refractivity contribution in [3.63, 3.8) is 0 Å². The predicted octanol–water partition coefficient (Wildman–Crippen LogP) is 1.40. The first-order valence-corrected chi connectivity index (χ1v) is 8.35. The van der Waals surface area contributed by atoms with E-state index in [1.54, 1.807) is 17.3 Å². The van der Waals surface area contributed by atoms with Gasteiger partial charge in [-0.3, -0.25) is 9.67 Å². The summed E-state index contributed by atoms with van der Waals surface area (Å²) in [6.45, 7) is 3.43. The Kier molecular flexibility index (Phi) is 5.65. The van der Waals surface area contributed by atoms with Gasteiger partial charge in [0.25, 0.3) is 0 Å². The highest BCUT2D eigenvalue weighted by atomic mass is 16.5. The van der Waals surface area contributed by atoms with E-state index in [1.165, 1.54) is 0 Å². The van der Waals surface area contributed by atoms with E-state index in [9.17, 15) is 0 Å². The first kappa shape index (κ1) is 16.3. The number of rotatable bonds is 5. The average Bonchev–Trinajstić information content (AvgIpc) is 3.14. The maximum atomic E-state index is 6.04. The lowest BCUT2D eigenvalue weighted by Crippen LogP contribution is -2.48. The van der Waals surface area contributed by atoms with Gasteiger partial charge in [0, 0.05) is 39.5 Å². The molecule has 24 heavy (non-hydrogen) atoms. The van der Waals surface area contributed by atoms with Gasteiger partial charge in [-0.2, -0.15) is 5.10 Å². The number of nitrogens with one attached hydrogen (secondary N) is 1. The number of aliphatic imine (C=N–C) groups is 1. The third-order valence-corrected chi connectivity index (χ3v) is 4.09. The number of para-hydroxylation sites is 1. The summed E-state index contributed by atoms with van der Waals surface area (Å²) in [5, 5.41) is 7.49. The molecule has 1 aliphatic rings. The average molecular weight is 328 g/mol. The molecule has 7 nitrogen and oxygen atoms in total. The van der Waals surface area contributed by atoms with E-state index in [2.05, 4.69) is 25.3 Å². The van der Waals surface area contributed by atoms with Crippen LogP contribution in [0.25, 0.3) is 0 Å². The molecule has 1 saturated heterocycles. The lowest BCUT2D eigenvalue weighted by Gasteiger charge is -2.34. The van der Waals surface area contributed by atoms with Crippen molar-refractivity contribution in [2.24, 2.45) is 4.99 Å². The van der Waals surface area contributed by atoms with Gasteiger partial charge in [-0.15, -0.1) is 0 Å². The molecule has 0 atom stereocenters. The lowest BCUT2D eigenvalue weighted by atomic mass is 10.1. The van der Waals surface area contributed by atoms with Gasteiger partial charge in [0.15, 0.2) is 5.96 Å². The number of ether oxygens (including phenoxy) is 1. The second-order valence-corrected chi connectivity index (χ2v) is 5.75. The molecule has 128 valence electrons. The number of aromatic nitrogens is 3.